The minimum atomic E-state index is -0.250. The highest BCUT2D eigenvalue weighted by atomic mass is 32.1. The number of benzene rings is 2. The molecule has 0 bridgehead atoms. The van der Waals surface area contributed by atoms with Gasteiger partial charge in [-0.15, -0.1) is 0 Å². The van der Waals surface area contributed by atoms with Crippen LogP contribution in [0.2, 0.25) is 0 Å². The average molecular weight is 320 g/mol. The standard InChI is InChI=1S/C19H12O3S/c20-15-8-14(13-6-7-23-11-13)9-18-19(15)16(21)10-17(22-18)12-4-2-1-3-5-12/h1-11,20H. The molecule has 2 aromatic carbocycles. The molecular weight excluding hydrogens is 308 g/mol. The number of hydrogen-bond donors (Lipinski definition) is 1. The highest BCUT2D eigenvalue weighted by molar-refractivity contribution is 7.08. The van der Waals surface area contributed by atoms with E-state index in [1.165, 1.54) is 6.07 Å². The summed E-state index contributed by atoms with van der Waals surface area (Å²) in [7, 11) is 0. The molecule has 0 unspecified atom stereocenters. The van der Waals surface area contributed by atoms with Crippen LogP contribution in [-0.2, 0) is 0 Å². The summed E-state index contributed by atoms with van der Waals surface area (Å²) in [6.45, 7) is 0. The van der Waals surface area contributed by atoms with Gasteiger partial charge in [-0.25, -0.2) is 0 Å². The molecule has 23 heavy (non-hydrogen) atoms. The van der Waals surface area contributed by atoms with E-state index in [0.29, 0.717) is 11.3 Å². The van der Waals surface area contributed by atoms with Gasteiger partial charge in [0.15, 0.2) is 5.43 Å². The zero-order valence-corrected chi connectivity index (χ0v) is 12.8. The summed E-state index contributed by atoms with van der Waals surface area (Å²) in [4.78, 5) is 12.4. The van der Waals surface area contributed by atoms with Crippen LogP contribution in [0.4, 0.5) is 0 Å². The fourth-order valence-corrected chi connectivity index (χ4v) is 3.27. The van der Waals surface area contributed by atoms with Crippen LogP contribution in [0.5, 0.6) is 5.75 Å². The van der Waals surface area contributed by atoms with Crippen molar-refractivity contribution in [1.29, 1.82) is 0 Å². The molecule has 4 rings (SSSR count). The largest absolute Gasteiger partial charge is 0.507 e. The number of thiophene rings is 1. The Hall–Kier alpha value is -2.85. The van der Waals surface area contributed by atoms with Crippen LogP contribution in [0.1, 0.15) is 0 Å². The molecule has 4 aromatic rings. The summed E-state index contributed by atoms with van der Waals surface area (Å²) in [5, 5.41) is 14.4. The molecule has 2 heterocycles. The number of hydrogen-bond acceptors (Lipinski definition) is 4. The van der Waals surface area contributed by atoms with Crippen molar-refractivity contribution in [3.8, 4) is 28.2 Å². The summed E-state index contributed by atoms with van der Waals surface area (Å²) in [6, 6.07) is 16.2. The Morgan fingerprint density at radius 3 is 2.48 bits per heavy atom. The van der Waals surface area contributed by atoms with Gasteiger partial charge in [0, 0.05) is 11.6 Å². The predicted molar refractivity (Wildman–Crippen MR) is 92.9 cm³/mol. The Labute approximate surface area is 136 Å². The van der Waals surface area contributed by atoms with E-state index in [1.54, 1.807) is 23.5 Å². The van der Waals surface area contributed by atoms with Crippen molar-refractivity contribution < 1.29 is 9.52 Å². The number of phenolic OH excluding ortho intramolecular Hbond substituents is 1. The number of fused-ring (bicyclic) bond motifs is 1. The smallest absolute Gasteiger partial charge is 0.197 e. The normalized spacial score (nSPS) is 11.0. The number of phenols is 1. The van der Waals surface area contributed by atoms with Gasteiger partial charge in [-0.05, 0) is 40.1 Å². The third-order valence-corrected chi connectivity index (χ3v) is 4.41. The fraction of sp³-hybridized carbons (Fsp3) is 0. The lowest BCUT2D eigenvalue weighted by molar-refractivity contribution is 0.480. The van der Waals surface area contributed by atoms with Gasteiger partial charge in [0.1, 0.15) is 22.5 Å². The molecule has 112 valence electrons. The lowest BCUT2D eigenvalue weighted by atomic mass is 10.1. The Morgan fingerprint density at radius 2 is 1.74 bits per heavy atom. The number of aromatic hydroxyl groups is 1. The first-order chi connectivity index (χ1) is 11.2. The Morgan fingerprint density at radius 1 is 0.913 bits per heavy atom. The van der Waals surface area contributed by atoms with Crippen molar-refractivity contribution in [3.63, 3.8) is 0 Å². The van der Waals surface area contributed by atoms with Crippen molar-refractivity contribution in [2.24, 2.45) is 0 Å². The predicted octanol–water partition coefficient (Wildman–Crippen LogP) is 4.89. The maximum absolute atomic E-state index is 12.4. The summed E-state index contributed by atoms with van der Waals surface area (Å²) >= 11 is 1.57. The van der Waals surface area contributed by atoms with E-state index in [1.807, 2.05) is 47.2 Å². The van der Waals surface area contributed by atoms with Gasteiger partial charge < -0.3 is 9.52 Å². The zero-order chi connectivity index (χ0) is 15.8. The number of rotatable bonds is 2. The Bertz CT molecular complexity index is 1030. The van der Waals surface area contributed by atoms with Crippen molar-refractivity contribution in [2.45, 2.75) is 0 Å². The zero-order valence-electron chi connectivity index (χ0n) is 12.0. The quantitative estimate of drug-likeness (QED) is 0.572. The molecule has 2 aromatic heterocycles. The molecule has 0 aliphatic rings. The van der Waals surface area contributed by atoms with Crippen LogP contribution >= 0.6 is 11.3 Å². The lowest BCUT2D eigenvalue weighted by Gasteiger charge is -2.07. The van der Waals surface area contributed by atoms with Gasteiger partial charge in [-0.3, -0.25) is 4.79 Å². The van der Waals surface area contributed by atoms with Crippen LogP contribution < -0.4 is 5.43 Å². The van der Waals surface area contributed by atoms with Crippen LogP contribution in [0.25, 0.3) is 33.4 Å². The molecule has 4 heteroatoms. The molecule has 0 saturated heterocycles. The monoisotopic (exact) mass is 320 g/mol. The first kappa shape index (κ1) is 13.8. The van der Waals surface area contributed by atoms with Crippen LogP contribution in [-0.4, -0.2) is 5.11 Å². The van der Waals surface area contributed by atoms with Gasteiger partial charge in [0.25, 0.3) is 0 Å². The van der Waals surface area contributed by atoms with E-state index in [-0.39, 0.29) is 16.6 Å². The van der Waals surface area contributed by atoms with Crippen molar-refractivity contribution in [2.75, 3.05) is 0 Å². The molecule has 0 spiro atoms. The first-order valence-corrected chi connectivity index (χ1v) is 8.05. The molecule has 0 radical (unpaired) electrons. The SMILES string of the molecule is O=c1cc(-c2ccccc2)oc2cc(-c3ccsc3)cc(O)c12. The minimum absolute atomic E-state index is 0.0583. The maximum Gasteiger partial charge on any atom is 0.197 e. The summed E-state index contributed by atoms with van der Waals surface area (Å²) < 4.78 is 5.89. The van der Waals surface area contributed by atoms with E-state index in [0.717, 1.165) is 16.7 Å². The second kappa shape index (κ2) is 5.41. The summed E-state index contributed by atoms with van der Waals surface area (Å²) in [5.74, 6) is 0.432. The maximum atomic E-state index is 12.4. The fourth-order valence-electron chi connectivity index (χ4n) is 2.61. The molecule has 0 aliphatic carbocycles. The van der Waals surface area contributed by atoms with E-state index >= 15 is 0 Å². The van der Waals surface area contributed by atoms with Crippen LogP contribution in [0.3, 0.4) is 0 Å². The van der Waals surface area contributed by atoms with Crippen LogP contribution in [0, 0.1) is 0 Å². The van der Waals surface area contributed by atoms with Gasteiger partial charge in [-0.2, -0.15) is 11.3 Å². The van der Waals surface area contributed by atoms with Gasteiger partial charge in [0.05, 0.1) is 0 Å². The Balaban J connectivity index is 1.99. The van der Waals surface area contributed by atoms with Crippen LogP contribution in [0.15, 0.2) is 74.6 Å². The summed E-state index contributed by atoms with van der Waals surface area (Å²) in [5.41, 5.74) is 2.77. The van der Waals surface area contributed by atoms with E-state index in [4.69, 9.17) is 4.42 Å². The second-order valence-corrected chi connectivity index (χ2v) is 6.00. The third kappa shape index (κ3) is 2.43. The molecule has 0 atom stereocenters. The minimum Gasteiger partial charge on any atom is -0.507 e. The topological polar surface area (TPSA) is 50.4 Å². The highest BCUT2D eigenvalue weighted by Crippen LogP contribution is 2.33. The van der Waals surface area contributed by atoms with E-state index < -0.39 is 0 Å². The molecule has 0 saturated carbocycles. The van der Waals surface area contributed by atoms with Gasteiger partial charge >= 0.3 is 0 Å². The molecular formula is C19H12O3S. The first-order valence-electron chi connectivity index (χ1n) is 7.11. The summed E-state index contributed by atoms with van der Waals surface area (Å²) in [6.07, 6.45) is 0. The van der Waals surface area contributed by atoms with Gasteiger partial charge in [-0.1, -0.05) is 30.3 Å². The molecule has 3 nitrogen and oxygen atoms in total. The second-order valence-electron chi connectivity index (χ2n) is 5.22. The molecule has 1 N–H and O–H groups in total. The molecule has 0 aliphatic heterocycles. The highest BCUT2D eigenvalue weighted by Gasteiger charge is 2.13. The third-order valence-electron chi connectivity index (χ3n) is 3.72. The van der Waals surface area contributed by atoms with Gasteiger partial charge in [0.2, 0.25) is 0 Å². The molecule has 0 amide bonds. The van der Waals surface area contributed by atoms with E-state index in [2.05, 4.69) is 0 Å². The van der Waals surface area contributed by atoms with E-state index in [9.17, 15) is 9.90 Å². The van der Waals surface area contributed by atoms with Crippen molar-refractivity contribution >= 4 is 22.3 Å². The Kier molecular flexibility index (Phi) is 3.24. The van der Waals surface area contributed by atoms with Crippen molar-refractivity contribution in [1.82, 2.24) is 0 Å². The lowest BCUT2D eigenvalue weighted by Crippen LogP contribution is -2.01. The average Bonchev–Trinajstić information content (AvgIpc) is 3.09. The molecule has 0 fully saturated rings. The van der Waals surface area contributed by atoms with Crippen molar-refractivity contribution in [3.05, 3.63) is 75.6 Å².